The first kappa shape index (κ1) is 18.6. The molecular weight excluding hydrogens is 441 g/mol. The average Bonchev–Trinajstić information content (AvgIpc) is 2.67. The van der Waals surface area contributed by atoms with Crippen molar-refractivity contribution in [1.82, 2.24) is 0 Å². The van der Waals surface area contributed by atoms with Crippen molar-refractivity contribution in [2.24, 2.45) is 0 Å². The first-order valence-electron chi connectivity index (χ1n) is 8.44. The van der Waals surface area contributed by atoms with Crippen LogP contribution in [-0.4, -0.2) is 0 Å². The van der Waals surface area contributed by atoms with Crippen LogP contribution < -0.4 is 0 Å². The van der Waals surface area contributed by atoms with Crippen molar-refractivity contribution in [3.8, 4) is 11.8 Å². The molecule has 0 aliphatic rings. The zero-order valence-electron chi connectivity index (χ0n) is 14.3. The summed E-state index contributed by atoms with van der Waals surface area (Å²) >= 11 is 1.36. The molecule has 0 unspecified atom stereocenters. The van der Waals surface area contributed by atoms with Gasteiger partial charge in [0.1, 0.15) is 0 Å². The van der Waals surface area contributed by atoms with Gasteiger partial charge in [0.15, 0.2) is 9.66 Å². The number of aryl methyl sites for hydroxylation is 1. The summed E-state index contributed by atoms with van der Waals surface area (Å²) in [5.74, 6) is 5.49. The van der Waals surface area contributed by atoms with Gasteiger partial charge in [-0.2, -0.15) is 4.39 Å². The van der Waals surface area contributed by atoms with E-state index < -0.39 is 9.66 Å². The summed E-state index contributed by atoms with van der Waals surface area (Å²) in [6, 6.07) is 18.9. The van der Waals surface area contributed by atoms with E-state index in [1.54, 1.807) is 18.2 Å². The molecule has 0 atom stereocenters. The minimum atomic E-state index is -0.848. The molecule has 3 aromatic rings. The predicted molar refractivity (Wildman–Crippen MR) is 114 cm³/mol. The van der Waals surface area contributed by atoms with Gasteiger partial charge in [-0.25, -0.2) is 4.39 Å². The highest BCUT2D eigenvalue weighted by Gasteiger charge is 2.12. The van der Waals surface area contributed by atoms with Gasteiger partial charge in [0.05, 0.1) is 0 Å². The third-order valence-corrected chi connectivity index (χ3v) is 4.63. The molecule has 3 aromatic carbocycles. The maximum absolute atomic E-state index is 14.1. The van der Waals surface area contributed by atoms with E-state index in [0.717, 1.165) is 29.4 Å². The highest BCUT2D eigenvalue weighted by molar-refractivity contribution is 14.1. The fourth-order valence-electron chi connectivity index (χ4n) is 2.88. The van der Waals surface area contributed by atoms with E-state index in [9.17, 15) is 8.78 Å². The molecule has 0 nitrogen and oxygen atoms in total. The molecule has 0 aromatic heterocycles. The first-order valence-corrected chi connectivity index (χ1v) is 9.52. The van der Waals surface area contributed by atoms with Crippen molar-refractivity contribution in [3.63, 3.8) is 0 Å². The third kappa shape index (κ3) is 4.13. The van der Waals surface area contributed by atoms with Crippen LogP contribution >= 0.6 is 22.6 Å². The van der Waals surface area contributed by atoms with Crippen molar-refractivity contribution in [2.45, 2.75) is 19.8 Å². The number of benzene rings is 3. The zero-order chi connectivity index (χ0) is 18.5. The van der Waals surface area contributed by atoms with Crippen LogP contribution in [0.15, 0.2) is 64.5 Å². The lowest BCUT2D eigenvalue weighted by Gasteiger charge is -2.06. The quantitative estimate of drug-likeness (QED) is 0.288. The lowest BCUT2D eigenvalue weighted by Crippen LogP contribution is -1.87. The molecular formula is C23H17F2I. The summed E-state index contributed by atoms with van der Waals surface area (Å²) in [6.07, 6.45) is 2.18. The molecule has 0 heterocycles. The molecule has 0 spiro atoms. The van der Waals surface area contributed by atoms with Crippen molar-refractivity contribution in [2.75, 3.05) is 0 Å². The van der Waals surface area contributed by atoms with Gasteiger partial charge in [-0.1, -0.05) is 67.6 Å². The summed E-state index contributed by atoms with van der Waals surface area (Å²) < 4.78 is 26.6. The smallest absolute Gasteiger partial charge is 0.196 e. The Bertz CT molecular complexity index is 1020. The number of fused-ring (bicyclic) bond motifs is 1. The Hall–Kier alpha value is -2.19. The summed E-state index contributed by atoms with van der Waals surface area (Å²) in [7, 11) is 0. The van der Waals surface area contributed by atoms with E-state index in [1.807, 2.05) is 30.3 Å². The SMILES string of the molecule is CCCc1ccc(C#Cc2ccc(/C(F)=C(\F)I)c3ccccc23)cc1. The summed E-state index contributed by atoms with van der Waals surface area (Å²) in [5.41, 5.74) is 3.28. The van der Waals surface area contributed by atoms with Crippen LogP contribution in [0.3, 0.4) is 0 Å². The minimum Gasteiger partial charge on any atom is -0.203 e. The number of hydrogen-bond donors (Lipinski definition) is 0. The van der Waals surface area contributed by atoms with Gasteiger partial charge in [0.25, 0.3) is 0 Å². The van der Waals surface area contributed by atoms with Gasteiger partial charge >= 0.3 is 0 Å². The van der Waals surface area contributed by atoms with Gasteiger partial charge in [-0.15, -0.1) is 0 Å². The Morgan fingerprint density at radius 2 is 1.58 bits per heavy atom. The zero-order valence-corrected chi connectivity index (χ0v) is 16.5. The van der Waals surface area contributed by atoms with E-state index in [2.05, 4.69) is 30.9 Å². The molecule has 0 bridgehead atoms. The molecule has 130 valence electrons. The Balaban J connectivity index is 2.03. The third-order valence-electron chi connectivity index (χ3n) is 4.16. The van der Waals surface area contributed by atoms with E-state index in [0.29, 0.717) is 5.39 Å². The van der Waals surface area contributed by atoms with E-state index in [4.69, 9.17) is 0 Å². The largest absolute Gasteiger partial charge is 0.203 e. The molecule has 0 saturated carbocycles. The predicted octanol–water partition coefficient (Wildman–Crippen LogP) is 7.19. The standard InChI is InChI=1S/C23H17F2I/c1-2-5-16-8-10-17(11-9-16)12-13-18-14-15-21(22(24)23(25)26)20-7-4-3-6-19(18)20/h3-4,6-11,14-15H,2,5H2,1H3/b23-22-. The molecule has 0 N–H and O–H groups in total. The average molecular weight is 458 g/mol. The van der Waals surface area contributed by atoms with Crippen LogP contribution in [0.1, 0.15) is 35.6 Å². The second kappa shape index (κ2) is 8.46. The lowest BCUT2D eigenvalue weighted by atomic mass is 9.99. The van der Waals surface area contributed by atoms with Gasteiger partial charge in [-0.3, -0.25) is 0 Å². The van der Waals surface area contributed by atoms with E-state index in [1.165, 1.54) is 28.2 Å². The normalized spacial score (nSPS) is 11.7. The molecule has 0 aliphatic carbocycles. The van der Waals surface area contributed by atoms with Crippen LogP contribution in [0, 0.1) is 11.8 Å². The van der Waals surface area contributed by atoms with Crippen LogP contribution in [-0.2, 0) is 6.42 Å². The Morgan fingerprint density at radius 1 is 0.885 bits per heavy atom. The number of halogens is 3. The fraction of sp³-hybridized carbons (Fsp3) is 0.130. The van der Waals surface area contributed by atoms with Crippen LogP contribution in [0.5, 0.6) is 0 Å². The molecule has 0 radical (unpaired) electrons. The van der Waals surface area contributed by atoms with Gasteiger partial charge in [-0.05, 0) is 63.5 Å². The molecule has 3 heteroatoms. The Labute approximate surface area is 166 Å². The highest BCUT2D eigenvalue weighted by Crippen LogP contribution is 2.32. The molecule has 3 rings (SSSR count). The first-order chi connectivity index (χ1) is 12.6. The van der Waals surface area contributed by atoms with Crippen LogP contribution in [0.2, 0.25) is 0 Å². The molecule has 0 saturated heterocycles. The second-order valence-electron chi connectivity index (χ2n) is 5.98. The van der Waals surface area contributed by atoms with Crippen molar-refractivity contribution < 1.29 is 8.78 Å². The number of rotatable bonds is 3. The maximum Gasteiger partial charge on any atom is 0.196 e. The Kier molecular flexibility index (Phi) is 6.05. The summed E-state index contributed by atoms with van der Waals surface area (Å²) in [5, 5.41) is 1.47. The molecule has 0 aliphatic heterocycles. The molecule has 0 amide bonds. The van der Waals surface area contributed by atoms with E-state index >= 15 is 0 Å². The highest BCUT2D eigenvalue weighted by atomic mass is 127. The van der Waals surface area contributed by atoms with Gasteiger partial charge in [0, 0.05) is 16.7 Å². The van der Waals surface area contributed by atoms with Crippen molar-refractivity contribution in [1.29, 1.82) is 0 Å². The lowest BCUT2D eigenvalue weighted by molar-refractivity contribution is 0.664. The minimum absolute atomic E-state index is 0.252. The summed E-state index contributed by atoms with van der Waals surface area (Å²) in [4.78, 5) is 0. The van der Waals surface area contributed by atoms with Gasteiger partial charge in [0.2, 0.25) is 0 Å². The van der Waals surface area contributed by atoms with Crippen LogP contribution in [0.25, 0.3) is 16.6 Å². The molecule has 26 heavy (non-hydrogen) atoms. The fourth-order valence-corrected chi connectivity index (χ4v) is 3.17. The Morgan fingerprint density at radius 3 is 2.23 bits per heavy atom. The monoisotopic (exact) mass is 458 g/mol. The van der Waals surface area contributed by atoms with Gasteiger partial charge < -0.3 is 0 Å². The van der Waals surface area contributed by atoms with Crippen molar-refractivity contribution >= 4 is 39.2 Å². The van der Waals surface area contributed by atoms with Crippen LogP contribution in [0.4, 0.5) is 8.78 Å². The second-order valence-corrected chi connectivity index (χ2v) is 6.92. The van der Waals surface area contributed by atoms with E-state index in [-0.39, 0.29) is 5.56 Å². The molecule has 0 fully saturated rings. The number of hydrogen-bond acceptors (Lipinski definition) is 0. The summed E-state index contributed by atoms with van der Waals surface area (Å²) in [6.45, 7) is 2.16. The topological polar surface area (TPSA) is 0 Å². The maximum atomic E-state index is 14.1. The van der Waals surface area contributed by atoms with Crippen molar-refractivity contribution in [3.05, 3.63) is 86.8 Å².